The molecule has 1 aromatic rings. The van der Waals surface area contributed by atoms with Crippen molar-refractivity contribution in [1.29, 1.82) is 0 Å². The molecule has 1 N–H and O–H groups in total. The van der Waals surface area contributed by atoms with Crippen LogP contribution >= 0.6 is 0 Å². The predicted molar refractivity (Wildman–Crippen MR) is 78.9 cm³/mol. The maximum absolute atomic E-state index is 14.3. The summed E-state index contributed by atoms with van der Waals surface area (Å²) in [5.41, 5.74) is 0.812. The Morgan fingerprint density at radius 1 is 1.30 bits per heavy atom. The fourth-order valence-corrected chi connectivity index (χ4v) is 3.03. The van der Waals surface area contributed by atoms with Gasteiger partial charge in [0, 0.05) is 19.1 Å². The Balaban J connectivity index is 2.28. The van der Waals surface area contributed by atoms with E-state index in [1.54, 1.807) is 0 Å². The number of anilines is 1. The highest BCUT2D eigenvalue weighted by molar-refractivity contribution is 5.52. The van der Waals surface area contributed by atoms with E-state index in [-0.39, 0.29) is 11.7 Å². The van der Waals surface area contributed by atoms with E-state index in [4.69, 9.17) is 0 Å². The van der Waals surface area contributed by atoms with Crippen LogP contribution in [0.2, 0.25) is 0 Å². The highest BCUT2D eigenvalue weighted by atomic mass is 19.1. The number of nitrogens with one attached hydrogen (secondary N) is 1. The van der Waals surface area contributed by atoms with Crippen LogP contribution < -0.4 is 10.2 Å². The van der Waals surface area contributed by atoms with Crippen molar-refractivity contribution in [1.82, 2.24) is 5.32 Å². The summed E-state index contributed by atoms with van der Waals surface area (Å²) in [7, 11) is 0. The van der Waals surface area contributed by atoms with Gasteiger partial charge >= 0.3 is 0 Å². The molecule has 112 valence electrons. The van der Waals surface area contributed by atoms with Gasteiger partial charge < -0.3 is 10.2 Å². The minimum Gasteiger partial charge on any atom is -0.364 e. The molecule has 0 bridgehead atoms. The Morgan fingerprint density at radius 3 is 2.50 bits per heavy atom. The van der Waals surface area contributed by atoms with Crippen LogP contribution in [0, 0.1) is 17.6 Å². The smallest absolute Gasteiger partial charge is 0.149 e. The zero-order valence-corrected chi connectivity index (χ0v) is 12.5. The Morgan fingerprint density at radius 2 is 1.95 bits per heavy atom. The molecule has 1 aliphatic rings. The molecule has 20 heavy (non-hydrogen) atoms. The average Bonchev–Trinajstić information content (AvgIpc) is 2.84. The summed E-state index contributed by atoms with van der Waals surface area (Å²) in [5, 5.41) is 3.09. The molecule has 1 atom stereocenters. The van der Waals surface area contributed by atoms with E-state index < -0.39 is 11.6 Å². The lowest BCUT2D eigenvalue weighted by Gasteiger charge is -2.30. The summed E-state index contributed by atoms with van der Waals surface area (Å²) in [6.07, 6.45) is 2.01. The van der Waals surface area contributed by atoms with Gasteiger partial charge in [0.15, 0.2) is 0 Å². The first-order valence-electron chi connectivity index (χ1n) is 7.49. The average molecular weight is 282 g/mol. The van der Waals surface area contributed by atoms with Gasteiger partial charge in [-0.2, -0.15) is 0 Å². The number of benzene rings is 1. The first-order chi connectivity index (χ1) is 9.54. The highest BCUT2D eigenvalue weighted by Crippen LogP contribution is 2.34. The summed E-state index contributed by atoms with van der Waals surface area (Å²) < 4.78 is 28.6. The molecule has 4 heteroatoms. The minimum atomic E-state index is -0.439. The van der Waals surface area contributed by atoms with Gasteiger partial charge in [0.05, 0.1) is 0 Å². The molecule has 2 nitrogen and oxygen atoms in total. The zero-order valence-electron chi connectivity index (χ0n) is 12.5. The molecule has 1 saturated heterocycles. The van der Waals surface area contributed by atoms with Crippen molar-refractivity contribution in [3.8, 4) is 0 Å². The van der Waals surface area contributed by atoms with Gasteiger partial charge in [-0.05, 0) is 43.0 Å². The first-order valence-corrected chi connectivity index (χ1v) is 7.49. The van der Waals surface area contributed by atoms with Crippen LogP contribution in [0.4, 0.5) is 14.5 Å². The number of hydrogen-bond donors (Lipinski definition) is 1. The number of rotatable bonds is 5. The number of hydrogen-bond acceptors (Lipinski definition) is 2. The second-order valence-electron chi connectivity index (χ2n) is 5.84. The first kappa shape index (κ1) is 15.2. The summed E-state index contributed by atoms with van der Waals surface area (Å²) in [5.74, 6) is -0.478. The van der Waals surface area contributed by atoms with Crippen LogP contribution in [0.15, 0.2) is 12.1 Å². The molecule has 0 radical (unpaired) electrons. The molecule has 0 aromatic heterocycles. The summed E-state index contributed by atoms with van der Waals surface area (Å²) >= 11 is 0. The highest BCUT2D eigenvalue weighted by Gasteiger charge is 2.31. The van der Waals surface area contributed by atoms with Gasteiger partial charge in [0.1, 0.15) is 17.3 Å². The van der Waals surface area contributed by atoms with Crippen LogP contribution in [0.3, 0.4) is 0 Å². The third-order valence-corrected chi connectivity index (χ3v) is 4.01. The van der Waals surface area contributed by atoms with Crippen molar-refractivity contribution < 1.29 is 8.78 Å². The second kappa shape index (κ2) is 6.53. The van der Waals surface area contributed by atoms with E-state index in [9.17, 15) is 8.78 Å². The molecule has 0 amide bonds. The molecule has 0 spiro atoms. The Bertz CT molecular complexity index is 437. The molecular weight excluding hydrogens is 258 g/mol. The molecule has 1 unspecified atom stereocenters. The van der Waals surface area contributed by atoms with Crippen molar-refractivity contribution >= 4 is 5.69 Å². The molecular formula is C16H24F2N2. The lowest BCUT2D eigenvalue weighted by molar-refractivity contribution is 0.476. The van der Waals surface area contributed by atoms with Gasteiger partial charge in [0.25, 0.3) is 0 Å². The van der Waals surface area contributed by atoms with Crippen LogP contribution in [0.25, 0.3) is 0 Å². The van der Waals surface area contributed by atoms with Gasteiger partial charge in [-0.15, -0.1) is 0 Å². The van der Waals surface area contributed by atoms with Crippen LogP contribution in [-0.4, -0.2) is 19.1 Å². The fraction of sp³-hybridized carbons (Fsp3) is 0.625. The summed E-state index contributed by atoms with van der Waals surface area (Å²) in [6, 6.07) is 3.15. The lowest BCUT2D eigenvalue weighted by Crippen LogP contribution is -2.34. The molecule has 1 aromatic carbocycles. The topological polar surface area (TPSA) is 15.3 Å². The fourth-order valence-electron chi connectivity index (χ4n) is 3.03. The van der Waals surface area contributed by atoms with E-state index in [1.165, 1.54) is 12.1 Å². The van der Waals surface area contributed by atoms with Gasteiger partial charge in [-0.25, -0.2) is 8.78 Å². The third kappa shape index (κ3) is 3.11. The summed E-state index contributed by atoms with van der Waals surface area (Å²) in [6.45, 7) is 8.21. The van der Waals surface area contributed by atoms with E-state index in [1.807, 2.05) is 11.8 Å². The van der Waals surface area contributed by atoms with Crippen molar-refractivity contribution in [2.75, 3.05) is 18.0 Å². The largest absolute Gasteiger partial charge is 0.364 e. The van der Waals surface area contributed by atoms with E-state index in [0.29, 0.717) is 18.0 Å². The number of nitrogens with zero attached hydrogens (tertiary/aromatic N) is 1. The third-order valence-electron chi connectivity index (χ3n) is 4.01. The monoisotopic (exact) mass is 282 g/mol. The molecule has 1 fully saturated rings. The van der Waals surface area contributed by atoms with E-state index >= 15 is 0 Å². The molecule has 2 rings (SSSR count). The van der Waals surface area contributed by atoms with E-state index in [0.717, 1.165) is 25.9 Å². The predicted octanol–water partition coefficient (Wildman–Crippen LogP) is 3.70. The Kier molecular flexibility index (Phi) is 4.97. The molecule has 1 aliphatic heterocycles. The Hall–Kier alpha value is -1.16. The molecule has 0 aliphatic carbocycles. The lowest BCUT2D eigenvalue weighted by atomic mass is 10.0. The van der Waals surface area contributed by atoms with Gasteiger partial charge in [0.2, 0.25) is 0 Å². The molecule has 0 saturated carbocycles. The second-order valence-corrected chi connectivity index (χ2v) is 5.84. The van der Waals surface area contributed by atoms with Crippen LogP contribution in [-0.2, 0) is 6.54 Å². The maximum atomic E-state index is 14.3. The molecule has 1 heterocycles. The maximum Gasteiger partial charge on any atom is 0.149 e. The standard InChI is InChI=1S/C16H24F2N2/c1-4-19-10-12-8-13(17)16(14(18)9-12)20-7-5-6-15(20)11(2)3/h8-9,11,15,19H,4-7,10H2,1-3H3. The quantitative estimate of drug-likeness (QED) is 0.886. The van der Waals surface area contributed by atoms with Gasteiger partial charge in [-0.3, -0.25) is 0 Å². The number of halogens is 2. The summed E-state index contributed by atoms with van der Waals surface area (Å²) in [4.78, 5) is 1.91. The normalized spacial score (nSPS) is 19.1. The van der Waals surface area contributed by atoms with Crippen LogP contribution in [0.5, 0.6) is 0 Å². The van der Waals surface area contributed by atoms with Crippen LogP contribution in [0.1, 0.15) is 39.2 Å². The zero-order chi connectivity index (χ0) is 14.7. The van der Waals surface area contributed by atoms with E-state index in [2.05, 4.69) is 19.2 Å². The van der Waals surface area contributed by atoms with Crippen molar-refractivity contribution in [3.63, 3.8) is 0 Å². The van der Waals surface area contributed by atoms with Crippen molar-refractivity contribution in [3.05, 3.63) is 29.3 Å². The van der Waals surface area contributed by atoms with Crippen molar-refractivity contribution in [2.24, 2.45) is 5.92 Å². The minimum absolute atomic E-state index is 0.154. The Labute approximate surface area is 120 Å². The van der Waals surface area contributed by atoms with Crippen molar-refractivity contribution in [2.45, 2.75) is 46.2 Å². The SMILES string of the molecule is CCNCc1cc(F)c(N2CCCC2C(C)C)c(F)c1. The van der Waals surface area contributed by atoms with Gasteiger partial charge in [-0.1, -0.05) is 20.8 Å².